The minimum absolute atomic E-state index is 0. The Morgan fingerprint density at radius 3 is 2.44 bits per heavy atom. The lowest BCUT2D eigenvalue weighted by Gasteiger charge is -2.35. The number of piperazine rings is 1. The van der Waals surface area contributed by atoms with Crippen LogP contribution in [0.1, 0.15) is 16.7 Å². The first kappa shape index (κ1) is 24.5. The summed E-state index contributed by atoms with van der Waals surface area (Å²) in [7, 11) is 0. The standard InChI is InChI=1S/C23H25ClFN3O3.ClH/c1-16-17(14-26-9-11-31-12-10-26)3-2-4-21(16)28-8-7-27(22(29)23(28)30)15-18-5-6-19(25)13-20(18)24;/h2-6,13H,7-12,14-15H2,1H3;1H. The summed E-state index contributed by atoms with van der Waals surface area (Å²) in [5, 5.41) is 0.245. The summed E-state index contributed by atoms with van der Waals surface area (Å²) in [5.41, 5.74) is 3.52. The molecule has 32 heavy (non-hydrogen) atoms. The number of rotatable bonds is 5. The Labute approximate surface area is 198 Å². The summed E-state index contributed by atoms with van der Waals surface area (Å²) in [6.07, 6.45) is 0. The number of morpholine rings is 1. The van der Waals surface area contributed by atoms with Crippen molar-refractivity contribution in [1.82, 2.24) is 9.80 Å². The Kier molecular flexibility index (Phi) is 8.11. The molecule has 0 radical (unpaired) electrons. The molecule has 2 aliphatic rings. The highest BCUT2D eigenvalue weighted by Gasteiger charge is 2.34. The summed E-state index contributed by atoms with van der Waals surface area (Å²) >= 11 is 6.09. The van der Waals surface area contributed by atoms with E-state index in [0.29, 0.717) is 18.7 Å². The van der Waals surface area contributed by atoms with E-state index in [1.165, 1.54) is 17.0 Å². The Hall–Kier alpha value is -2.19. The number of halogens is 3. The van der Waals surface area contributed by atoms with Gasteiger partial charge < -0.3 is 14.5 Å². The van der Waals surface area contributed by atoms with Crippen LogP contribution in [0.2, 0.25) is 5.02 Å². The first-order valence-electron chi connectivity index (χ1n) is 10.4. The predicted molar refractivity (Wildman–Crippen MR) is 124 cm³/mol. The molecule has 0 spiro atoms. The van der Waals surface area contributed by atoms with Crippen LogP contribution in [0.25, 0.3) is 0 Å². The lowest BCUT2D eigenvalue weighted by atomic mass is 10.0. The summed E-state index contributed by atoms with van der Waals surface area (Å²) in [6.45, 7) is 6.95. The number of carbonyl (C=O) groups excluding carboxylic acids is 2. The highest BCUT2D eigenvalue weighted by Crippen LogP contribution is 2.27. The monoisotopic (exact) mass is 481 g/mol. The van der Waals surface area contributed by atoms with Crippen LogP contribution in [-0.4, -0.2) is 61.0 Å². The van der Waals surface area contributed by atoms with Crippen molar-refractivity contribution in [1.29, 1.82) is 0 Å². The van der Waals surface area contributed by atoms with Gasteiger partial charge in [0.1, 0.15) is 5.82 Å². The Morgan fingerprint density at radius 1 is 0.969 bits per heavy atom. The zero-order valence-electron chi connectivity index (χ0n) is 17.9. The lowest BCUT2D eigenvalue weighted by Crippen LogP contribution is -2.54. The second-order valence-electron chi connectivity index (χ2n) is 7.87. The average Bonchev–Trinajstić information content (AvgIpc) is 2.76. The third kappa shape index (κ3) is 5.23. The Morgan fingerprint density at radius 2 is 1.72 bits per heavy atom. The number of hydrogen-bond acceptors (Lipinski definition) is 4. The minimum atomic E-state index is -0.579. The summed E-state index contributed by atoms with van der Waals surface area (Å²) in [5.74, 6) is -1.57. The van der Waals surface area contributed by atoms with Crippen LogP contribution in [0.3, 0.4) is 0 Å². The maximum atomic E-state index is 13.3. The maximum Gasteiger partial charge on any atom is 0.316 e. The van der Waals surface area contributed by atoms with Crippen LogP contribution < -0.4 is 4.90 Å². The van der Waals surface area contributed by atoms with Crippen LogP contribution in [0.15, 0.2) is 36.4 Å². The van der Waals surface area contributed by atoms with E-state index in [1.807, 2.05) is 19.1 Å². The largest absolute Gasteiger partial charge is 0.379 e. The van der Waals surface area contributed by atoms with Crippen LogP contribution in [-0.2, 0) is 27.4 Å². The van der Waals surface area contributed by atoms with E-state index in [2.05, 4.69) is 11.0 Å². The second kappa shape index (κ2) is 10.6. The number of amides is 2. The first-order valence-corrected chi connectivity index (χ1v) is 10.7. The molecule has 9 heteroatoms. The molecule has 172 valence electrons. The van der Waals surface area contributed by atoms with E-state index in [0.717, 1.165) is 49.7 Å². The van der Waals surface area contributed by atoms with Crippen LogP contribution in [0, 0.1) is 12.7 Å². The highest BCUT2D eigenvalue weighted by atomic mass is 35.5. The van der Waals surface area contributed by atoms with Gasteiger partial charge in [-0.1, -0.05) is 29.8 Å². The summed E-state index contributed by atoms with van der Waals surface area (Å²) in [6, 6.07) is 9.93. The highest BCUT2D eigenvalue weighted by molar-refractivity contribution is 6.41. The maximum absolute atomic E-state index is 13.3. The van der Waals surface area contributed by atoms with Gasteiger partial charge in [0.25, 0.3) is 0 Å². The van der Waals surface area contributed by atoms with Crippen molar-refractivity contribution in [3.8, 4) is 0 Å². The Balaban J connectivity index is 0.00000289. The molecule has 4 rings (SSSR count). The lowest BCUT2D eigenvalue weighted by molar-refractivity contribution is -0.146. The minimum Gasteiger partial charge on any atom is -0.379 e. The first-order chi connectivity index (χ1) is 14.9. The molecule has 0 N–H and O–H groups in total. The smallest absolute Gasteiger partial charge is 0.316 e. The molecule has 6 nitrogen and oxygen atoms in total. The van der Waals surface area contributed by atoms with Crippen LogP contribution in [0.5, 0.6) is 0 Å². The van der Waals surface area contributed by atoms with E-state index < -0.39 is 17.6 Å². The van der Waals surface area contributed by atoms with Gasteiger partial charge in [0.15, 0.2) is 0 Å². The molecule has 2 fully saturated rings. The van der Waals surface area contributed by atoms with Gasteiger partial charge >= 0.3 is 11.8 Å². The summed E-state index contributed by atoms with van der Waals surface area (Å²) < 4.78 is 18.7. The Bertz CT molecular complexity index is 998. The number of nitrogens with zero attached hydrogens (tertiary/aromatic N) is 3. The molecular formula is C23H26Cl2FN3O3. The number of ether oxygens (including phenoxy) is 1. The average molecular weight is 482 g/mol. The number of carbonyl (C=O) groups is 2. The van der Waals surface area contributed by atoms with Gasteiger partial charge in [0, 0.05) is 50.0 Å². The second-order valence-corrected chi connectivity index (χ2v) is 8.28. The van der Waals surface area contributed by atoms with Gasteiger partial charge in [-0.15, -0.1) is 12.4 Å². The number of anilines is 1. The van der Waals surface area contributed by atoms with Crippen LogP contribution >= 0.6 is 24.0 Å². The fraction of sp³-hybridized carbons (Fsp3) is 0.391. The van der Waals surface area contributed by atoms with Crippen molar-refractivity contribution in [2.24, 2.45) is 0 Å². The normalized spacial score (nSPS) is 17.5. The molecule has 2 amide bonds. The number of benzene rings is 2. The molecule has 0 bridgehead atoms. The SMILES string of the molecule is Cc1c(CN2CCOCC2)cccc1N1CCN(Cc2ccc(F)cc2Cl)C(=O)C1=O.Cl. The van der Waals surface area contributed by atoms with Crippen molar-refractivity contribution in [2.75, 3.05) is 44.3 Å². The quantitative estimate of drug-likeness (QED) is 0.614. The zero-order chi connectivity index (χ0) is 22.0. The summed E-state index contributed by atoms with van der Waals surface area (Å²) in [4.78, 5) is 31.1. The third-order valence-electron chi connectivity index (χ3n) is 5.89. The number of hydrogen-bond donors (Lipinski definition) is 0. The fourth-order valence-electron chi connectivity index (χ4n) is 4.04. The van der Waals surface area contributed by atoms with Gasteiger partial charge in [0.2, 0.25) is 0 Å². The van der Waals surface area contributed by atoms with E-state index >= 15 is 0 Å². The van der Waals surface area contributed by atoms with Gasteiger partial charge in [-0.05, 0) is 41.8 Å². The molecule has 0 aromatic heterocycles. The third-order valence-corrected chi connectivity index (χ3v) is 6.24. The van der Waals surface area contributed by atoms with Gasteiger partial charge in [-0.2, -0.15) is 0 Å². The van der Waals surface area contributed by atoms with Crippen molar-refractivity contribution in [3.63, 3.8) is 0 Å². The predicted octanol–water partition coefficient (Wildman–Crippen LogP) is 3.42. The van der Waals surface area contributed by atoms with Crippen molar-refractivity contribution < 1.29 is 18.7 Å². The van der Waals surface area contributed by atoms with Crippen LogP contribution in [0.4, 0.5) is 10.1 Å². The molecule has 2 saturated heterocycles. The van der Waals surface area contributed by atoms with E-state index in [9.17, 15) is 14.0 Å². The molecule has 0 saturated carbocycles. The van der Waals surface area contributed by atoms with E-state index in [-0.39, 0.29) is 24.0 Å². The molecule has 0 aliphatic carbocycles. The van der Waals surface area contributed by atoms with E-state index in [4.69, 9.17) is 16.3 Å². The molecule has 0 unspecified atom stereocenters. The topological polar surface area (TPSA) is 53.1 Å². The fourth-order valence-corrected chi connectivity index (χ4v) is 4.27. The van der Waals surface area contributed by atoms with Gasteiger partial charge in [-0.3, -0.25) is 14.5 Å². The van der Waals surface area contributed by atoms with Crippen molar-refractivity contribution >= 4 is 41.5 Å². The molecule has 0 atom stereocenters. The molecule has 2 aromatic carbocycles. The molecular weight excluding hydrogens is 456 g/mol. The van der Waals surface area contributed by atoms with Gasteiger partial charge in [-0.25, -0.2) is 4.39 Å². The zero-order valence-corrected chi connectivity index (χ0v) is 19.4. The van der Waals surface area contributed by atoms with Crippen molar-refractivity contribution in [3.05, 3.63) is 63.9 Å². The molecule has 2 heterocycles. The van der Waals surface area contributed by atoms with Gasteiger partial charge in [0.05, 0.1) is 13.2 Å². The molecule has 2 aromatic rings. The van der Waals surface area contributed by atoms with E-state index in [1.54, 1.807) is 11.0 Å². The van der Waals surface area contributed by atoms with Crippen molar-refractivity contribution in [2.45, 2.75) is 20.0 Å². The molecule has 2 aliphatic heterocycles.